The van der Waals surface area contributed by atoms with Crippen molar-refractivity contribution in [3.63, 3.8) is 0 Å². The largest absolute Gasteiger partial charge is 0.481 e. The van der Waals surface area contributed by atoms with Crippen molar-refractivity contribution >= 4 is 17.7 Å². The Balaban J connectivity index is 1.13. The summed E-state index contributed by atoms with van der Waals surface area (Å²) in [6.45, 7) is 22.1. The van der Waals surface area contributed by atoms with E-state index in [4.69, 9.17) is 4.74 Å². The fourth-order valence-electron chi connectivity index (χ4n) is 15.1. The van der Waals surface area contributed by atoms with Crippen molar-refractivity contribution in [2.75, 3.05) is 13.1 Å². The lowest BCUT2D eigenvalue weighted by atomic mass is 9.33. The van der Waals surface area contributed by atoms with Crippen LogP contribution in [0.2, 0.25) is 0 Å². The van der Waals surface area contributed by atoms with E-state index in [-0.39, 0.29) is 51.4 Å². The summed E-state index contributed by atoms with van der Waals surface area (Å²) in [5, 5.41) is 25.5. The van der Waals surface area contributed by atoms with Crippen LogP contribution in [0.15, 0.2) is 11.1 Å². The summed E-state index contributed by atoms with van der Waals surface area (Å²) in [5.41, 5.74) is 1.41. The van der Waals surface area contributed by atoms with Crippen molar-refractivity contribution in [3.8, 4) is 0 Å². The molecule has 0 radical (unpaired) electrons. The minimum absolute atomic E-state index is 0.0361. The molecular formula is C45H71NO6. The molecule has 52 heavy (non-hydrogen) atoms. The minimum Gasteiger partial charge on any atom is -0.481 e. The highest BCUT2D eigenvalue weighted by molar-refractivity contribution is 6.00. The van der Waals surface area contributed by atoms with E-state index >= 15 is 0 Å². The normalized spacial score (nSPS) is 44.3. The topological polar surface area (TPSA) is 113 Å². The Morgan fingerprint density at radius 2 is 1.52 bits per heavy atom. The molecule has 0 aromatic heterocycles. The molecule has 0 aliphatic heterocycles. The summed E-state index contributed by atoms with van der Waals surface area (Å²) in [6, 6.07) is 0. The van der Waals surface area contributed by atoms with Crippen molar-refractivity contribution in [1.82, 2.24) is 5.32 Å². The van der Waals surface area contributed by atoms with Crippen LogP contribution in [0.1, 0.15) is 152 Å². The van der Waals surface area contributed by atoms with Crippen LogP contribution in [0, 0.1) is 73.9 Å². The van der Waals surface area contributed by atoms with E-state index in [9.17, 15) is 24.6 Å². The van der Waals surface area contributed by atoms with Gasteiger partial charge >= 0.3 is 11.9 Å². The average Bonchev–Trinajstić information content (AvgIpc) is 3.68. The van der Waals surface area contributed by atoms with E-state index in [0.29, 0.717) is 43.1 Å². The number of aliphatic carboxylic acids is 1. The molecule has 0 saturated heterocycles. The van der Waals surface area contributed by atoms with Crippen molar-refractivity contribution < 1.29 is 29.3 Å². The van der Waals surface area contributed by atoms with Crippen molar-refractivity contribution in [3.05, 3.63) is 11.1 Å². The summed E-state index contributed by atoms with van der Waals surface area (Å²) in [6.07, 6.45) is 13.5. The van der Waals surface area contributed by atoms with Crippen molar-refractivity contribution in [2.24, 2.45) is 73.9 Å². The lowest BCUT2D eigenvalue weighted by Gasteiger charge is -2.72. The van der Waals surface area contributed by atoms with Crippen LogP contribution in [0.5, 0.6) is 0 Å². The minimum atomic E-state index is -0.820. The van der Waals surface area contributed by atoms with Crippen LogP contribution in [0.3, 0.4) is 0 Å². The lowest BCUT2D eigenvalue weighted by Crippen LogP contribution is -2.66. The van der Waals surface area contributed by atoms with Crippen molar-refractivity contribution in [1.29, 1.82) is 0 Å². The van der Waals surface area contributed by atoms with Crippen LogP contribution in [0.4, 0.5) is 0 Å². The van der Waals surface area contributed by atoms with Gasteiger partial charge in [0.1, 0.15) is 6.10 Å². The summed E-state index contributed by atoms with van der Waals surface area (Å²) >= 11 is 0. The molecule has 0 spiro atoms. The number of allylic oxidation sites excluding steroid dienone is 1. The van der Waals surface area contributed by atoms with E-state index in [1.54, 1.807) is 0 Å². The second kappa shape index (κ2) is 12.9. The van der Waals surface area contributed by atoms with Gasteiger partial charge in [0.2, 0.25) is 0 Å². The van der Waals surface area contributed by atoms with Gasteiger partial charge in [0.15, 0.2) is 5.78 Å². The maximum atomic E-state index is 14.0. The number of nitrogens with one attached hydrogen (secondary N) is 1. The first kappa shape index (κ1) is 38.5. The predicted molar refractivity (Wildman–Crippen MR) is 203 cm³/mol. The maximum Gasteiger partial charge on any atom is 0.309 e. The standard InChI is InChI=1S/C45H71NO6/c1-26(2)36-31(47)23-45(34(48)25-46-24-27-12-10-11-13-27)21-20-43(8)28(37(36)45)14-15-33-42(7)18-17-35(41(5,6)32(42)16-19-44(33,43)9)52-39(51)30-22-29(38(49)50)40(30,3)4/h26-30,32-35,46,48H,10-25H2,1-9H3,(H,49,50)/t28-,29+,30-,32+,33-,34+,35+,42+,43-,44-,45+/m1/s1. The molecule has 0 bridgehead atoms. The third-order valence-corrected chi connectivity index (χ3v) is 18.4. The van der Waals surface area contributed by atoms with Crippen LogP contribution in [0.25, 0.3) is 0 Å². The fourth-order valence-corrected chi connectivity index (χ4v) is 15.1. The highest BCUT2D eigenvalue weighted by Gasteiger charge is 2.71. The van der Waals surface area contributed by atoms with Crippen LogP contribution >= 0.6 is 0 Å². The van der Waals surface area contributed by atoms with Gasteiger partial charge < -0.3 is 20.3 Å². The van der Waals surface area contributed by atoms with Gasteiger partial charge in [0.05, 0.1) is 17.9 Å². The molecule has 7 aliphatic carbocycles. The molecule has 0 heterocycles. The Hall–Kier alpha value is -1.73. The van der Waals surface area contributed by atoms with Gasteiger partial charge in [-0.3, -0.25) is 14.4 Å². The van der Waals surface area contributed by atoms with Crippen LogP contribution in [-0.2, 0) is 19.1 Å². The molecule has 0 amide bonds. The number of esters is 1. The maximum absolute atomic E-state index is 14.0. The SMILES string of the molecule is CC(C)C1=C2[C@H]3CC[C@@H]4[C@@]5(C)CC[C@H](OC(=O)[C@H]6C[C@@H](C(=O)O)C6(C)C)C(C)(C)[C@@H]5CC[C@@]4(C)[C@]3(C)CC[C@@]2([C@@H](O)CNCC2CCCC2)CC1=O. The number of carbonyl (C=O) groups excluding carboxylic acids is 2. The highest BCUT2D eigenvalue weighted by atomic mass is 16.5. The zero-order chi connectivity index (χ0) is 37.8. The molecule has 7 heteroatoms. The van der Waals surface area contributed by atoms with E-state index in [1.165, 1.54) is 31.3 Å². The van der Waals surface area contributed by atoms with Gasteiger partial charge in [0, 0.05) is 23.8 Å². The Morgan fingerprint density at radius 1 is 0.827 bits per heavy atom. The van der Waals surface area contributed by atoms with E-state index in [2.05, 4.69) is 53.8 Å². The first-order valence-corrected chi connectivity index (χ1v) is 21.4. The first-order valence-electron chi connectivity index (χ1n) is 21.4. The van der Waals surface area contributed by atoms with E-state index in [0.717, 1.165) is 63.5 Å². The Morgan fingerprint density at radius 3 is 2.15 bits per heavy atom. The van der Waals surface area contributed by atoms with E-state index < -0.39 is 28.8 Å². The molecule has 0 aromatic rings. The number of fused-ring (bicyclic) bond motifs is 7. The van der Waals surface area contributed by atoms with E-state index in [1.807, 2.05) is 13.8 Å². The Labute approximate surface area is 314 Å². The number of Topliss-reactive ketones (excluding diaryl/α,β-unsaturated/α-hetero) is 1. The molecule has 6 saturated carbocycles. The summed E-state index contributed by atoms with van der Waals surface area (Å²) in [4.78, 5) is 39.4. The number of ketones is 1. The molecule has 6 fully saturated rings. The third kappa shape index (κ3) is 5.40. The number of hydrogen-bond donors (Lipinski definition) is 3. The second-order valence-corrected chi connectivity index (χ2v) is 21.5. The van der Waals surface area contributed by atoms with Gasteiger partial charge in [-0.05, 0) is 134 Å². The molecule has 0 unspecified atom stereocenters. The number of ether oxygens (including phenoxy) is 1. The third-order valence-electron chi connectivity index (χ3n) is 18.4. The smallest absolute Gasteiger partial charge is 0.309 e. The summed E-state index contributed by atoms with van der Waals surface area (Å²) in [5.74, 6) is 0.514. The predicted octanol–water partition coefficient (Wildman–Crippen LogP) is 8.77. The number of aliphatic hydroxyl groups is 1. The average molecular weight is 722 g/mol. The number of rotatable bonds is 9. The summed E-state index contributed by atoms with van der Waals surface area (Å²) in [7, 11) is 0. The van der Waals surface area contributed by atoms with Gasteiger partial charge in [-0.15, -0.1) is 0 Å². The molecule has 292 valence electrons. The zero-order valence-corrected chi connectivity index (χ0v) is 34.0. The molecule has 7 nitrogen and oxygen atoms in total. The number of carbonyl (C=O) groups is 3. The quantitative estimate of drug-likeness (QED) is 0.204. The molecule has 7 aliphatic rings. The number of hydrogen-bond acceptors (Lipinski definition) is 6. The second-order valence-electron chi connectivity index (χ2n) is 21.5. The van der Waals surface area contributed by atoms with Gasteiger partial charge in [-0.1, -0.05) is 80.7 Å². The van der Waals surface area contributed by atoms with Gasteiger partial charge in [-0.25, -0.2) is 0 Å². The van der Waals surface area contributed by atoms with Crippen LogP contribution in [-0.4, -0.2) is 53.2 Å². The Bertz CT molecular complexity index is 1490. The van der Waals surface area contributed by atoms with Gasteiger partial charge in [0.25, 0.3) is 0 Å². The number of aliphatic hydroxyl groups excluding tert-OH is 1. The molecule has 0 aromatic carbocycles. The highest BCUT2D eigenvalue weighted by Crippen LogP contribution is 2.77. The monoisotopic (exact) mass is 722 g/mol. The molecule has 11 atom stereocenters. The molecule has 7 rings (SSSR count). The van der Waals surface area contributed by atoms with Crippen molar-refractivity contribution in [2.45, 2.75) is 164 Å². The van der Waals surface area contributed by atoms with Gasteiger partial charge in [-0.2, -0.15) is 0 Å². The number of carboxylic acid groups (broad SMARTS) is 1. The Kier molecular flexibility index (Phi) is 9.57. The number of carboxylic acids is 1. The molecule has 3 N–H and O–H groups in total. The molecular weight excluding hydrogens is 650 g/mol. The first-order chi connectivity index (χ1) is 24.3. The van der Waals surface area contributed by atoms with Crippen LogP contribution < -0.4 is 5.32 Å². The summed E-state index contributed by atoms with van der Waals surface area (Å²) < 4.78 is 6.42. The lowest BCUT2D eigenvalue weighted by molar-refractivity contribution is -0.238. The zero-order valence-electron chi connectivity index (χ0n) is 34.0. The fraction of sp³-hybridized carbons (Fsp3) is 0.889.